The molecule has 2 N–H and O–H groups in total. The van der Waals surface area contributed by atoms with E-state index < -0.39 is 11.9 Å². The van der Waals surface area contributed by atoms with Crippen molar-refractivity contribution in [2.24, 2.45) is 0 Å². The van der Waals surface area contributed by atoms with Crippen molar-refractivity contribution in [1.82, 2.24) is 0 Å². The Bertz CT molecular complexity index is 431. The van der Waals surface area contributed by atoms with E-state index in [4.69, 9.17) is 10.2 Å². The second kappa shape index (κ2) is 9.78. The first-order valence-electron chi connectivity index (χ1n) is 6.62. The molecule has 0 aliphatic rings. The third kappa shape index (κ3) is 6.18. The molecule has 0 aliphatic heterocycles. The number of benzene rings is 1. The minimum Gasteiger partial charge on any atom is -0.478 e. The highest BCUT2D eigenvalue weighted by Crippen LogP contribution is 2.13. The quantitative estimate of drug-likeness (QED) is 0.605. The van der Waals surface area contributed by atoms with Crippen molar-refractivity contribution in [3.63, 3.8) is 0 Å². The molecule has 1 rings (SSSR count). The van der Waals surface area contributed by atoms with Gasteiger partial charge in [0.25, 0.3) is 0 Å². The van der Waals surface area contributed by atoms with Crippen LogP contribution in [0.1, 0.15) is 58.9 Å². The van der Waals surface area contributed by atoms with E-state index in [9.17, 15) is 9.59 Å². The van der Waals surface area contributed by atoms with Crippen molar-refractivity contribution in [2.45, 2.75) is 39.5 Å². The summed E-state index contributed by atoms with van der Waals surface area (Å²) in [5.41, 5.74) is 0.335. The van der Waals surface area contributed by atoms with Gasteiger partial charge in [-0.2, -0.15) is 0 Å². The third-order valence-electron chi connectivity index (χ3n) is 2.81. The highest BCUT2D eigenvalue weighted by Gasteiger charge is 2.13. The molecule has 0 unspecified atom stereocenters. The lowest BCUT2D eigenvalue weighted by Crippen LogP contribution is -2.06. The largest absolute Gasteiger partial charge is 0.478 e. The van der Waals surface area contributed by atoms with Gasteiger partial charge in [0.05, 0.1) is 11.1 Å². The maximum atomic E-state index is 10.6. The smallest absolute Gasteiger partial charge is 0.335 e. The van der Waals surface area contributed by atoms with Crippen molar-refractivity contribution in [1.29, 1.82) is 0 Å². The van der Waals surface area contributed by atoms with Gasteiger partial charge in [0.2, 0.25) is 0 Å². The van der Waals surface area contributed by atoms with Crippen LogP contribution in [0.5, 0.6) is 0 Å². The van der Waals surface area contributed by atoms with Gasteiger partial charge in [-0.15, -0.1) is 6.58 Å². The molecule has 4 heteroatoms. The van der Waals surface area contributed by atoms with Gasteiger partial charge in [-0.1, -0.05) is 31.9 Å². The summed E-state index contributed by atoms with van der Waals surface area (Å²) in [6.45, 7) is 7.32. The summed E-state index contributed by atoms with van der Waals surface area (Å²) in [5.74, 6) is -2.22. The van der Waals surface area contributed by atoms with Crippen LogP contribution in [-0.4, -0.2) is 22.2 Å². The lowest BCUT2D eigenvalue weighted by molar-refractivity contribution is 0.0696. The van der Waals surface area contributed by atoms with E-state index in [0.717, 1.165) is 0 Å². The van der Waals surface area contributed by atoms with Gasteiger partial charge >= 0.3 is 11.9 Å². The molecular formula is C16H22O4. The number of carbonyl (C=O) groups is 2. The monoisotopic (exact) mass is 278 g/mol. The molecular weight excluding hydrogens is 256 g/mol. The predicted molar refractivity (Wildman–Crippen MR) is 79.4 cm³/mol. The van der Waals surface area contributed by atoms with Crippen LogP contribution in [0, 0.1) is 6.92 Å². The zero-order valence-electron chi connectivity index (χ0n) is 12.1. The number of hydrogen-bond acceptors (Lipinski definition) is 2. The van der Waals surface area contributed by atoms with Crippen LogP contribution >= 0.6 is 0 Å². The maximum absolute atomic E-state index is 10.6. The topological polar surface area (TPSA) is 74.6 Å². The number of aromatic carboxylic acids is 2. The van der Waals surface area contributed by atoms with E-state index in [1.54, 1.807) is 0 Å². The van der Waals surface area contributed by atoms with E-state index in [-0.39, 0.29) is 16.7 Å². The molecule has 0 atom stereocenters. The number of allylic oxidation sites excluding steroid dienone is 1. The maximum Gasteiger partial charge on any atom is 0.335 e. The zero-order valence-corrected chi connectivity index (χ0v) is 12.1. The summed E-state index contributed by atoms with van der Waals surface area (Å²) in [7, 11) is 0. The van der Waals surface area contributed by atoms with Gasteiger partial charge in [-0.25, -0.2) is 9.59 Å². The molecule has 4 nitrogen and oxygen atoms in total. The van der Waals surface area contributed by atoms with Crippen LogP contribution in [0.25, 0.3) is 0 Å². The number of rotatable bonds is 6. The Labute approximate surface area is 119 Å². The molecule has 110 valence electrons. The Morgan fingerprint density at radius 1 is 1.15 bits per heavy atom. The molecule has 0 spiro atoms. The van der Waals surface area contributed by atoms with Crippen LogP contribution in [0.3, 0.4) is 0 Å². The fourth-order valence-corrected chi connectivity index (χ4v) is 1.64. The van der Waals surface area contributed by atoms with E-state index in [1.807, 2.05) is 6.08 Å². The molecule has 0 bridgehead atoms. The average Bonchev–Trinajstić information content (AvgIpc) is 2.39. The second-order valence-corrected chi connectivity index (χ2v) is 4.37. The number of unbranched alkanes of at least 4 members (excludes halogenated alkanes) is 3. The van der Waals surface area contributed by atoms with Gasteiger partial charge in [-0.05, 0) is 37.5 Å². The Morgan fingerprint density at radius 2 is 1.65 bits per heavy atom. The number of hydrogen-bond donors (Lipinski definition) is 2. The SMILES string of the molecule is C=CCCCCC.Cc1c(C(=O)O)cccc1C(=O)O. The van der Waals surface area contributed by atoms with Gasteiger partial charge in [-0.3, -0.25) is 0 Å². The lowest BCUT2D eigenvalue weighted by Gasteiger charge is -2.03. The number of carboxylic acids is 2. The number of carboxylic acid groups (broad SMARTS) is 2. The average molecular weight is 278 g/mol. The fourth-order valence-electron chi connectivity index (χ4n) is 1.64. The second-order valence-electron chi connectivity index (χ2n) is 4.37. The van der Waals surface area contributed by atoms with E-state index in [1.165, 1.54) is 50.8 Å². The molecule has 0 radical (unpaired) electrons. The Kier molecular flexibility index (Phi) is 8.75. The molecule has 1 aromatic carbocycles. The lowest BCUT2D eigenvalue weighted by atomic mass is 10.0. The molecule has 20 heavy (non-hydrogen) atoms. The van der Waals surface area contributed by atoms with Crippen LogP contribution in [0.2, 0.25) is 0 Å². The summed E-state index contributed by atoms with van der Waals surface area (Å²) in [5, 5.41) is 17.4. The molecule has 0 saturated heterocycles. The van der Waals surface area contributed by atoms with Crippen molar-refractivity contribution in [3.05, 3.63) is 47.5 Å². The molecule has 0 aromatic heterocycles. The van der Waals surface area contributed by atoms with Crippen LogP contribution < -0.4 is 0 Å². The first kappa shape index (κ1) is 17.9. The molecule has 0 aliphatic carbocycles. The Hall–Kier alpha value is -2.10. The van der Waals surface area contributed by atoms with Gasteiger partial charge in [0.15, 0.2) is 0 Å². The fraction of sp³-hybridized carbons (Fsp3) is 0.375. The normalized spacial score (nSPS) is 9.30. The predicted octanol–water partition coefficient (Wildman–Crippen LogP) is 4.14. The highest BCUT2D eigenvalue weighted by molar-refractivity contribution is 5.96. The third-order valence-corrected chi connectivity index (χ3v) is 2.81. The zero-order chi connectivity index (χ0) is 15.5. The van der Waals surface area contributed by atoms with Crippen LogP contribution in [-0.2, 0) is 0 Å². The minimum atomic E-state index is -1.11. The van der Waals surface area contributed by atoms with Crippen LogP contribution in [0.4, 0.5) is 0 Å². The Morgan fingerprint density at radius 3 is 2.00 bits per heavy atom. The highest BCUT2D eigenvalue weighted by atomic mass is 16.4. The summed E-state index contributed by atoms with van der Waals surface area (Å²) < 4.78 is 0. The molecule has 0 heterocycles. The summed E-state index contributed by atoms with van der Waals surface area (Å²) >= 11 is 0. The van der Waals surface area contributed by atoms with Crippen molar-refractivity contribution in [3.8, 4) is 0 Å². The minimum absolute atomic E-state index is 0.0277. The van der Waals surface area contributed by atoms with E-state index in [2.05, 4.69) is 13.5 Å². The molecule has 0 fully saturated rings. The first-order chi connectivity index (χ1) is 9.45. The standard InChI is InChI=1S/C9H8O4.C7H14/c1-5-6(8(10)11)3-2-4-7(5)9(12)13;1-3-5-7-6-4-2/h2-4H,1H3,(H,10,11)(H,12,13);3H,1,4-7H2,2H3. The molecule has 0 amide bonds. The van der Waals surface area contributed by atoms with Crippen molar-refractivity contribution < 1.29 is 19.8 Å². The summed E-state index contributed by atoms with van der Waals surface area (Å²) in [6, 6.07) is 4.17. The Balaban J connectivity index is 0.000000441. The first-order valence-corrected chi connectivity index (χ1v) is 6.62. The van der Waals surface area contributed by atoms with Gasteiger partial charge < -0.3 is 10.2 Å². The van der Waals surface area contributed by atoms with Crippen LogP contribution in [0.15, 0.2) is 30.9 Å². The summed E-state index contributed by atoms with van der Waals surface area (Å²) in [6.07, 6.45) is 7.16. The van der Waals surface area contributed by atoms with Crippen molar-refractivity contribution in [2.75, 3.05) is 0 Å². The molecule has 1 aromatic rings. The van der Waals surface area contributed by atoms with E-state index >= 15 is 0 Å². The van der Waals surface area contributed by atoms with E-state index in [0.29, 0.717) is 0 Å². The summed E-state index contributed by atoms with van der Waals surface area (Å²) in [4.78, 5) is 21.2. The van der Waals surface area contributed by atoms with Gasteiger partial charge in [0.1, 0.15) is 0 Å². The molecule has 0 saturated carbocycles. The van der Waals surface area contributed by atoms with Crippen molar-refractivity contribution >= 4 is 11.9 Å². The van der Waals surface area contributed by atoms with Gasteiger partial charge in [0, 0.05) is 0 Å².